The van der Waals surface area contributed by atoms with Gasteiger partial charge in [-0.05, 0) is 74.3 Å². The fourth-order valence-corrected chi connectivity index (χ4v) is 4.77. The van der Waals surface area contributed by atoms with Gasteiger partial charge in [-0.2, -0.15) is 0 Å². The van der Waals surface area contributed by atoms with Gasteiger partial charge in [0, 0.05) is 17.3 Å². The van der Waals surface area contributed by atoms with Gasteiger partial charge in [0.15, 0.2) is 11.0 Å². The number of hydrogen-bond acceptors (Lipinski definition) is 5. The third kappa shape index (κ3) is 6.79. The van der Waals surface area contributed by atoms with Crippen LogP contribution in [-0.2, 0) is 17.8 Å². The largest absolute Gasteiger partial charge is 0.355 e. The molecule has 0 atom stereocenters. The molecule has 9 heteroatoms. The molecule has 0 spiro atoms. The Balaban J connectivity index is 1.39. The quantitative estimate of drug-likeness (QED) is 0.450. The van der Waals surface area contributed by atoms with Crippen LogP contribution in [0.5, 0.6) is 0 Å². The standard InChI is InChI=1S/C24H27ClFN5OS/c25-19-6-4-18(5-7-19)12-13-27-23(32)17-33-24-29-28-22(16-30-14-2-1-3-15-30)31(24)21-10-8-20(26)9-11-21/h4-11H,1-3,12-17H2,(H,27,32). The molecule has 2 aromatic carbocycles. The molecular weight excluding hydrogens is 461 g/mol. The van der Waals surface area contributed by atoms with Crippen molar-refractivity contribution in [2.24, 2.45) is 0 Å². The van der Waals surface area contributed by atoms with Crippen molar-refractivity contribution in [3.63, 3.8) is 0 Å². The highest BCUT2D eigenvalue weighted by molar-refractivity contribution is 7.99. The first kappa shape index (κ1) is 23.7. The number of aromatic nitrogens is 3. The van der Waals surface area contributed by atoms with E-state index < -0.39 is 0 Å². The number of nitrogens with zero attached hydrogens (tertiary/aromatic N) is 4. The second kappa shape index (κ2) is 11.6. The predicted octanol–water partition coefficient (Wildman–Crippen LogP) is 4.50. The minimum absolute atomic E-state index is 0.0693. The minimum Gasteiger partial charge on any atom is -0.355 e. The molecule has 1 aliphatic rings. The number of likely N-dealkylation sites (tertiary alicyclic amines) is 1. The zero-order valence-electron chi connectivity index (χ0n) is 18.3. The Hall–Kier alpha value is -2.42. The maximum absolute atomic E-state index is 13.5. The van der Waals surface area contributed by atoms with Crippen LogP contribution >= 0.6 is 23.4 Å². The predicted molar refractivity (Wildman–Crippen MR) is 129 cm³/mol. The van der Waals surface area contributed by atoms with Gasteiger partial charge in [0.25, 0.3) is 0 Å². The molecule has 0 aliphatic carbocycles. The first-order chi connectivity index (χ1) is 16.1. The molecule has 1 fully saturated rings. The van der Waals surface area contributed by atoms with Gasteiger partial charge in [0.1, 0.15) is 5.82 Å². The molecule has 0 radical (unpaired) electrons. The lowest BCUT2D eigenvalue weighted by Gasteiger charge is -2.26. The van der Waals surface area contributed by atoms with E-state index in [1.54, 1.807) is 12.1 Å². The smallest absolute Gasteiger partial charge is 0.230 e. The fourth-order valence-electron chi connectivity index (χ4n) is 3.84. The molecule has 0 saturated carbocycles. The van der Waals surface area contributed by atoms with Crippen LogP contribution in [0.2, 0.25) is 5.02 Å². The minimum atomic E-state index is -0.293. The summed E-state index contributed by atoms with van der Waals surface area (Å²) < 4.78 is 15.4. The van der Waals surface area contributed by atoms with Crippen LogP contribution in [0, 0.1) is 5.82 Å². The molecule has 4 rings (SSSR count). The van der Waals surface area contributed by atoms with Crippen molar-refractivity contribution in [2.75, 3.05) is 25.4 Å². The third-order valence-electron chi connectivity index (χ3n) is 5.58. The van der Waals surface area contributed by atoms with E-state index in [1.807, 2.05) is 28.8 Å². The fraction of sp³-hybridized carbons (Fsp3) is 0.375. The molecule has 174 valence electrons. The Labute approximate surface area is 202 Å². The summed E-state index contributed by atoms with van der Waals surface area (Å²) in [5, 5.41) is 13.0. The van der Waals surface area contributed by atoms with Gasteiger partial charge in [-0.1, -0.05) is 41.9 Å². The lowest BCUT2D eigenvalue weighted by molar-refractivity contribution is -0.118. The van der Waals surface area contributed by atoms with Crippen LogP contribution < -0.4 is 5.32 Å². The van der Waals surface area contributed by atoms with E-state index in [9.17, 15) is 9.18 Å². The van der Waals surface area contributed by atoms with Gasteiger partial charge < -0.3 is 5.32 Å². The monoisotopic (exact) mass is 487 g/mol. The second-order valence-electron chi connectivity index (χ2n) is 8.06. The van der Waals surface area contributed by atoms with Gasteiger partial charge in [0.2, 0.25) is 5.91 Å². The molecule has 1 amide bonds. The van der Waals surface area contributed by atoms with Crippen LogP contribution in [0.3, 0.4) is 0 Å². The molecule has 1 aliphatic heterocycles. The van der Waals surface area contributed by atoms with Crippen molar-refractivity contribution >= 4 is 29.3 Å². The first-order valence-electron chi connectivity index (χ1n) is 11.1. The number of nitrogens with one attached hydrogen (secondary N) is 1. The maximum atomic E-state index is 13.5. The molecule has 1 aromatic heterocycles. The van der Waals surface area contributed by atoms with Crippen LogP contribution in [0.15, 0.2) is 53.7 Å². The number of piperidine rings is 1. The molecular formula is C24H27ClFN5OS. The van der Waals surface area contributed by atoms with E-state index in [-0.39, 0.29) is 17.5 Å². The average Bonchev–Trinajstić information content (AvgIpc) is 3.22. The molecule has 6 nitrogen and oxygen atoms in total. The lowest BCUT2D eigenvalue weighted by Crippen LogP contribution is -2.30. The van der Waals surface area contributed by atoms with E-state index >= 15 is 0 Å². The summed E-state index contributed by atoms with van der Waals surface area (Å²) >= 11 is 7.24. The van der Waals surface area contributed by atoms with Gasteiger partial charge in [-0.25, -0.2) is 4.39 Å². The summed E-state index contributed by atoms with van der Waals surface area (Å²) in [6.07, 6.45) is 4.36. The van der Waals surface area contributed by atoms with Gasteiger partial charge >= 0.3 is 0 Å². The number of amides is 1. The zero-order valence-corrected chi connectivity index (χ0v) is 19.9. The maximum Gasteiger partial charge on any atom is 0.230 e. The van der Waals surface area contributed by atoms with Crippen LogP contribution in [-0.4, -0.2) is 51.0 Å². The molecule has 33 heavy (non-hydrogen) atoms. The van der Waals surface area contributed by atoms with Crippen molar-refractivity contribution in [1.82, 2.24) is 25.0 Å². The third-order valence-corrected chi connectivity index (χ3v) is 6.76. The van der Waals surface area contributed by atoms with Crippen molar-refractivity contribution < 1.29 is 9.18 Å². The van der Waals surface area contributed by atoms with Gasteiger partial charge in [-0.3, -0.25) is 14.3 Å². The molecule has 1 saturated heterocycles. The number of rotatable bonds is 9. The van der Waals surface area contributed by atoms with Crippen LogP contribution in [0.1, 0.15) is 30.7 Å². The number of benzene rings is 2. The Morgan fingerprint density at radius 2 is 1.76 bits per heavy atom. The molecule has 1 N–H and O–H groups in total. The summed E-state index contributed by atoms with van der Waals surface area (Å²) in [7, 11) is 0. The SMILES string of the molecule is O=C(CSc1nnc(CN2CCCCC2)n1-c1ccc(F)cc1)NCCc1ccc(Cl)cc1. The number of thioether (sulfide) groups is 1. The Morgan fingerprint density at radius 1 is 1.03 bits per heavy atom. The summed E-state index contributed by atoms with van der Waals surface area (Å²) in [6, 6.07) is 13.9. The molecule has 3 aromatic rings. The topological polar surface area (TPSA) is 63.1 Å². The van der Waals surface area contributed by atoms with E-state index in [0.717, 1.165) is 36.6 Å². The number of carbonyl (C=O) groups excluding carboxylic acids is 1. The van der Waals surface area contributed by atoms with Gasteiger partial charge in [0.05, 0.1) is 12.3 Å². The summed E-state index contributed by atoms with van der Waals surface area (Å²) in [5.41, 5.74) is 1.91. The van der Waals surface area contributed by atoms with Crippen LogP contribution in [0.25, 0.3) is 5.69 Å². The highest BCUT2D eigenvalue weighted by Gasteiger charge is 2.19. The number of hydrogen-bond donors (Lipinski definition) is 1. The number of carbonyl (C=O) groups is 1. The van der Waals surface area contributed by atoms with E-state index in [4.69, 9.17) is 11.6 Å². The lowest BCUT2D eigenvalue weighted by atomic mass is 10.1. The normalized spacial score (nSPS) is 14.4. The Bertz CT molecular complexity index is 1050. The molecule has 0 bridgehead atoms. The highest BCUT2D eigenvalue weighted by Crippen LogP contribution is 2.24. The summed E-state index contributed by atoms with van der Waals surface area (Å²) in [4.78, 5) is 14.8. The molecule has 2 heterocycles. The van der Waals surface area contributed by atoms with Gasteiger partial charge in [-0.15, -0.1) is 10.2 Å². The zero-order chi connectivity index (χ0) is 23.0. The second-order valence-corrected chi connectivity index (χ2v) is 9.44. The first-order valence-corrected chi connectivity index (χ1v) is 12.5. The highest BCUT2D eigenvalue weighted by atomic mass is 35.5. The van der Waals surface area contributed by atoms with E-state index in [0.29, 0.717) is 23.3 Å². The van der Waals surface area contributed by atoms with E-state index in [2.05, 4.69) is 20.4 Å². The molecule has 0 unspecified atom stereocenters. The van der Waals surface area contributed by atoms with Crippen molar-refractivity contribution in [1.29, 1.82) is 0 Å². The van der Waals surface area contributed by atoms with Crippen molar-refractivity contribution in [3.8, 4) is 5.69 Å². The van der Waals surface area contributed by atoms with E-state index in [1.165, 1.54) is 43.2 Å². The van der Waals surface area contributed by atoms with Crippen LogP contribution in [0.4, 0.5) is 4.39 Å². The van der Waals surface area contributed by atoms with Crippen molar-refractivity contribution in [2.45, 2.75) is 37.4 Å². The summed E-state index contributed by atoms with van der Waals surface area (Å²) in [5.74, 6) is 0.664. The number of halogens is 2. The summed E-state index contributed by atoms with van der Waals surface area (Å²) in [6.45, 7) is 3.30. The Kier molecular flexibility index (Phi) is 8.36. The Morgan fingerprint density at radius 3 is 2.48 bits per heavy atom. The average molecular weight is 488 g/mol. The van der Waals surface area contributed by atoms with Crippen molar-refractivity contribution in [3.05, 3.63) is 70.8 Å².